The number of sulfonamides is 1. The molecule has 5 nitrogen and oxygen atoms in total. The molecule has 0 aliphatic carbocycles. The molecule has 0 N–H and O–H groups in total. The van der Waals surface area contributed by atoms with Gasteiger partial charge in [0.15, 0.2) is 0 Å². The summed E-state index contributed by atoms with van der Waals surface area (Å²) >= 11 is 0. The number of likely N-dealkylation sites (tertiary alicyclic amines) is 1. The van der Waals surface area contributed by atoms with Crippen molar-refractivity contribution in [2.45, 2.75) is 50.0 Å². The summed E-state index contributed by atoms with van der Waals surface area (Å²) in [6.07, 6.45) is 4.79. The molecule has 2 heterocycles. The molecule has 1 aromatic rings. The van der Waals surface area contributed by atoms with Crippen LogP contribution in [0, 0.1) is 5.92 Å². The minimum absolute atomic E-state index is 0.134. The van der Waals surface area contributed by atoms with Crippen LogP contribution in [0.3, 0.4) is 0 Å². The molecule has 0 aromatic heterocycles. The minimum atomic E-state index is -3.51. The summed E-state index contributed by atoms with van der Waals surface area (Å²) < 4.78 is 27.1. The molecule has 2 saturated heterocycles. The SMILES string of the molecule is C[C@H]1CCCCN1C(=O)[C@@H]1CCCN(S(=O)(=O)c2ccccc2)C1. The van der Waals surface area contributed by atoms with Crippen molar-refractivity contribution >= 4 is 15.9 Å². The Kier molecular flexibility index (Phi) is 5.25. The number of carbonyl (C=O) groups excluding carboxylic acids is 1. The van der Waals surface area contributed by atoms with Crippen LogP contribution < -0.4 is 0 Å². The molecule has 2 atom stereocenters. The lowest BCUT2D eigenvalue weighted by Gasteiger charge is -2.38. The van der Waals surface area contributed by atoms with Crippen molar-refractivity contribution in [2.75, 3.05) is 19.6 Å². The lowest BCUT2D eigenvalue weighted by Crippen LogP contribution is -2.50. The van der Waals surface area contributed by atoms with Gasteiger partial charge >= 0.3 is 0 Å². The Labute approximate surface area is 144 Å². The number of amides is 1. The maximum absolute atomic E-state index is 12.9. The molecule has 0 saturated carbocycles. The van der Waals surface area contributed by atoms with E-state index in [1.807, 2.05) is 4.90 Å². The maximum atomic E-state index is 12.9. The fourth-order valence-corrected chi connectivity index (χ4v) is 5.31. The van der Waals surface area contributed by atoms with E-state index in [1.54, 1.807) is 30.3 Å². The van der Waals surface area contributed by atoms with Gasteiger partial charge < -0.3 is 4.90 Å². The fraction of sp³-hybridized carbons (Fsp3) is 0.611. The van der Waals surface area contributed by atoms with Gasteiger partial charge in [0, 0.05) is 25.7 Å². The van der Waals surface area contributed by atoms with E-state index >= 15 is 0 Å². The Hall–Kier alpha value is -1.40. The average molecular weight is 350 g/mol. The highest BCUT2D eigenvalue weighted by atomic mass is 32.2. The summed E-state index contributed by atoms with van der Waals surface area (Å²) in [5, 5.41) is 0. The molecular weight excluding hydrogens is 324 g/mol. The second kappa shape index (κ2) is 7.23. The monoisotopic (exact) mass is 350 g/mol. The summed E-state index contributed by atoms with van der Waals surface area (Å²) in [6, 6.07) is 8.77. The van der Waals surface area contributed by atoms with E-state index in [-0.39, 0.29) is 17.9 Å². The number of hydrogen-bond donors (Lipinski definition) is 0. The molecule has 24 heavy (non-hydrogen) atoms. The van der Waals surface area contributed by atoms with Gasteiger partial charge in [-0.3, -0.25) is 4.79 Å². The van der Waals surface area contributed by atoms with Crippen LogP contribution in [0.25, 0.3) is 0 Å². The van der Waals surface area contributed by atoms with Crippen molar-refractivity contribution in [3.8, 4) is 0 Å². The normalized spacial score (nSPS) is 26.3. The van der Waals surface area contributed by atoms with E-state index in [4.69, 9.17) is 0 Å². The van der Waals surface area contributed by atoms with E-state index < -0.39 is 10.0 Å². The van der Waals surface area contributed by atoms with E-state index in [9.17, 15) is 13.2 Å². The maximum Gasteiger partial charge on any atom is 0.243 e. The molecule has 0 unspecified atom stereocenters. The summed E-state index contributed by atoms with van der Waals surface area (Å²) in [5.41, 5.74) is 0. The van der Waals surface area contributed by atoms with Crippen molar-refractivity contribution in [1.82, 2.24) is 9.21 Å². The molecule has 0 spiro atoms. The lowest BCUT2D eigenvalue weighted by molar-refractivity contribution is -0.140. The standard InChI is InChI=1S/C18H26N2O3S/c1-15-8-5-6-13-20(15)18(21)16-9-7-12-19(14-16)24(22,23)17-10-3-2-4-11-17/h2-4,10-11,15-16H,5-9,12-14H2,1H3/t15-,16+/m0/s1. The molecule has 132 valence electrons. The van der Waals surface area contributed by atoms with Gasteiger partial charge in [0.25, 0.3) is 0 Å². The molecule has 1 aromatic carbocycles. The molecule has 0 bridgehead atoms. The first kappa shape index (κ1) is 17.4. The van der Waals surface area contributed by atoms with Crippen LogP contribution in [0.2, 0.25) is 0 Å². The van der Waals surface area contributed by atoms with E-state index in [1.165, 1.54) is 10.7 Å². The van der Waals surface area contributed by atoms with Gasteiger partial charge in [-0.25, -0.2) is 8.42 Å². The smallest absolute Gasteiger partial charge is 0.243 e. The summed E-state index contributed by atoms with van der Waals surface area (Å²) in [5.74, 6) is -0.0760. The minimum Gasteiger partial charge on any atom is -0.340 e. The molecule has 2 aliphatic rings. The molecular formula is C18H26N2O3S. The van der Waals surface area contributed by atoms with Gasteiger partial charge in [0.2, 0.25) is 15.9 Å². The third-order valence-corrected chi connectivity index (χ3v) is 7.08. The van der Waals surface area contributed by atoms with Crippen LogP contribution >= 0.6 is 0 Å². The van der Waals surface area contributed by atoms with Crippen molar-refractivity contribution in [1.29, 1.82) is 0 Å². The summed E-state index contributed by atoms with van der Waals surface area (Å²) in [6.45, 7) is 3.70. The third kappa shape index (κ3) is 3.49. The van der Waals surface area contributed by atoms with Crippen molar-refractivity contribution in [3.63, 3.8) is 0 Å². The first-order chi connectivity index (χ1) is 11.5. The van der Waals surface area contributed by atoms with Gasteiger partial charge in [0.1, 0.15) is 0 Å². The second-order valence-electron chi connectivity index (χ2n) is 6.89. The van der Waals surface area contributed by atoms with Gasteiger partial charge in [-0.05, 0) is 51.2 Å². The van der Waals surface area contributed by atoms with Gasteiger partial charge in [-0.1, -0.05) is 18.2 Å². The molecule has 0 radical (unpaired) electrons. The Morgan fingerprint density at radius 3 is 2.50 bits per heavy atom. The number of rotatable bonds is 3. The number of nitrogens with zero attached hydrogens (tertiary/aromatic N) is 2. The Bertz CT molecular complexity index is 675. The zero-order chi connectivity index (χ0) is 17.2. The van der Waals surface area contributed by atoms with E-state index in [0.29, 0.717) is 18.0 Å². The van der Waals surface area contributed by atoms with Crippen LogP contribution in [0.1, 0.15) is 39.0 Å². The Balaban J connectivity index is 1.73. The van der Waals surface area contributed by atoms with Crippen LogP contribution in [-0.4, -0.2) is 49.2 Å². The predicted molar refractivity (Wildman–Crippen MR) is 93.0 cm³/mol. The zero-order valence-electron chi connectivity index (χ0n) is 14.2. The number of carbonyl (C=O) groups is 1. The van der Waals surface area contributed by atoms with Gasteiger partial charge in [-0.15, -0.1) is 0 Å². The largest absolute Gasteiger partial charge is 0.340 e. The number of piperidine rings is 2. The molecule has 1 amide bonds. The molecule has 2 fully saturated rings. The number of benzene rings is 1. The Morgan fingerprint density at radius 1 is 1.04 bits per heavy atom. The highest BCUT2D eigenvalue weighted by Gasteiger charge is 2.36. The predicted octanol–water partition coefficient (Wildman–Crippen LogP) is 2.49. The van der Waals surface area contributed by atoms with Crippen molar-refractivity contribution < 1.29 is 13.2 Å². The summed E-state index contributed by atoms with van der Waals surface area (Å²) in [7, 11) is -3.51. The van der Waals surface area contributed by atoms with E-state index in [2.05, 4.69) is 6.92 Å². The highest BCUT2D eigenvalue weighted by molar-refractivity contribution is 7.89. The van der Waals surface area contributed by atoms with Crippen molar-refractivity contribution in [3.05, 3.63) is 30.3 Å². The van der Waals surface area contributed by atoms with Crippen molar-refractivity contribution in [2.24, 2.45) is 5.92 Å². The lowest BCUT2D eigenvalue weighted by atomic mass is 9.95. The third-order valence-electron chi connectivity index (χ3n) is 5.20. The van der Waals surface area contributed by atoms with Gasteiger partial charge in [0.05, 0.1) is 10.8 Å². The van der Waals surface area contributed by atoms with Crippen LogP contribution in [-0.2, 0) is 14.8 Å². The zero-order valence-corrected chi connectivity index (χ0v) is 15.0. The molecule has 6 heteroatoms. The first-order valence-electron chi connectivity index (χ1n) is 8.86. The van der Waals surface area contributed by atoms with Crippen LogP contribution in [0.5, 0.6) is 0 Å². The van der Waals surface area contributed by atoms with Crippen LogP contribution in [0.15, 0.2) is 35.2 Å². The Morgan fingerprint density at radius 2 is 1.79 bits per heavy atom. The molecule has 3 rings (SSSR count). The van der Waals surface area contributed by atoms with Gasteiger partial charge in [-0.2, -0.15) is 4.31 Å². The van der Waals surface area contributed by atoms with Crippen LogP contribution in [0.4, 0.5) is 0 Å². The average Bonchev–Trinajstić information content (AvgIpc) is 2.62. The first-order valence-corrected chi connectivity index (χ1v) is 10.3. The molecule has 2 aliphatic heterocycles. The topological polar surface area (TPSA) is 57.7 Å². The summed E-state index contributed by atoms with van der Waals surface area (Å²) in [4.78, 5) is 15.2. The fourth-order valence-electron chi connectivity index (χ4n) is 3.76. The number of hydrogen-bond acceptors (Lipinski definition) is 3. The van der Waals surface area contributed by atoms with E-state index in [0.717, 1.165) is 32.2 Å². The second-order valence-corrected chi connectivity index (χ2v) is 8.83. The quantitative estimate of drug-likeness (QED) is 0.841. The highest BCUT2D eigenvalue weighted by Crippen LogP contribution is 2.27.